The maximum atomic E-state index is 12.5. The molecule has 0 bridgehead atoms. The highest BCUT2D eigenvalue weighted by molar-refractivity contribution is 7.89. The molecule has 11 heteroatoms. The number of fused-ring (bicyclic) bond motifs is 1. The molecule has 1 saturated heterocycles. The first-order valence-electron chi connectivity index (χ1n) is 11.7. The smallest absolute Gasteiger partial charge is 0.240 e. The molecule has 0 aliphatic carbocycles. The first-order valence-corrected chi connectivity index (χ1v) is 13.1. The molecule has 0 saturated carbocycles. The number of sulfonamides is 1. The van der Waals surface area contributed by atoms with E-state index in [2.05, 4.69) is 16.6 Å². The van der Waals surface area contributed by atoms with Gasteiger partial charge < -0.3 is 19.7 Å². The van der Waals surface area contributed by atoms with Crippen LogP contribution in [0.1, 0.15) is 25.7 Å². The highest BCUT2D eigenvalue weighted by atomic mass is 32.2. The van der Waals surface area contributed by atoms with Gasteiger partial charge in [0.15, 0.2) is 11.5 Å². The highest BCUT2D eigenvalue weighted by Crippen LogP contribution is 2.32. The molecule has 2 aliphatic rings. The third kappa shape index (κ3) is 7.71. The average molecular weight is 495 g/mol. The van der Waals surface area contributed by atoms with Crippen molar-refractivity contribution in [3.05, 3.63) is 30.9 Å². The van der Waals surface area contributed by atoms with Crippen LogP contribution in [0, 0.1) is 0 Å². The molecule has 34 heavy (non-hydrogen) atoms. The molecule has 0 atom stereocenters. The Balaban J connectivity index is 1.29. The molecule has 2 N–H and O–H groups in total. The second kappa shape index (κ2) is 12.7. The molecule has 10 nitrogen and oxygen atoms in total. The van der Waals surface area contributed by atoms with Crippen LogP contribution in [0.4, 0.5) is 0 Å². The first-order chi connectivity index (χ1) is 16.4. The summed E-state index contributed by atoms with van der Waals surface area (Å²) in [5.74, 6) is 1.05. The third-order valence-electron chi connectivity index (χ3n) is 5.72. The van der Waals surface area contributed by atoms with E-state index in [1.54, 1.807) is 12.1 Å². The normalized spacial score (nSPS) is 16.2. The fourth-order valence-electron chi connectivity index (χ4n) is 3.82. The van der Waals surface area contributed by atoms with Gasteiger partial charge in [-0.25, -0.2) is 13.1 Å². The van der Waals surface area contributed by atoms with Gasteiger partial charge in [-0.1, -0.05) is 12.5 Å². The van der Waals surface area contributed by atoms with E-state index in [-0.39, 0.29) is 16.7 Å². The van der Waals surface area contributed by atoms with Gasteiger partial charge in [0.2, 0.25) is 21.8 Å². The van der Waals surface area contributed by atoms with E-state index < -0.39 is 10.0 Å². The number of rotatable bonds is 12. The van der Waals surface area contributed by atoms with Gasteiger partial charge in [-0.2, -0.15) is 0 Å². The van der Waals surface area contributed by atoms with E-state index >= 15 is 0 Å². The number of piperazine rings is 1. The highest BCUT2D eigenvalue weighted by Gasteiger charge is 2.22. The third-order valence-corrected chi connectivity index (χ3v) is 7.18. The Hall–Kier alpha value is -2.63. The largest absolute Gasteiger partial charge is 0.486 e. The monoisotopic (exact) mass is 494 g/mol. The van der Waals surface area contributed by atoms with Crippen molar-refractivity contribution >= 4 is 21.8 Å². The molecular weight excluding hydrogens is 460 g/mol. The molecule has 1 fully saturated rings. The molecule has 2 heterocycles. The number of ether oxygens (including phenoxy) is 2. The van der Waals surface area contributed by atoms with Crippen molar-refractivity contribution in [2.75, 3.05) is 59.0 Å². The van der Waals surface area contributed by atoms with Gasteiger partial charge in [0.05, 0.1) is 11.4 Å². The zero-order valence-electron chi connectivity index (χ0n) is 19.5. The molecule has 2 aliphatic heterocycles. The lowest BCUT2D eigenvalue weighted by molar-refractivity contribution is -0.133. The van der Waals surface area contributed by atoms with Gasteiger partial charge in [0, 0.05) is 51.8 Å². The maximum absolute atomic E-state index is 12.5. The SMILES string of the molecule is C=CCNC(=O)CN1CCN(C(=O)CCCCCNS(=O)(=O)c2ccc3c(c2)OCCO3)CC1. The minimum atomic E-state index is -3.63. The molecule has 1 aromatic carbocycles. The standard InChI is InChI=1S/C23H34N4O6S/c1-2-9-24-22(28)18-26-11-13-27(14-12-26)23(29)6-4-3-5-10-25-34(30,31)19-7-8-20-21(17-19)33-16-15-32-20/h2,7-8,17,25H,1,3-6,9-16,18H2,(H,24,28). The van der Waals surface area contributed by atoms with Crippen molar-refractivity contribution in [3.63, 3.8) is 0 Å². The topological polar surface area (TPSA) is 117 Å². The summed E-state index contributed by atoms with van der Waals surface area (Å²) >= 11 is 0. The van der Waals surface area contributed by atoms with E-state index in [9.17, 15) is 18.0 Å². The summed E-state index contributed by atoms with van der Waals surface area (Å²) in [6.45, 7) is 8.09. The van der Waals surface area contributed by atoms with Crippen molar-refractivity contribution in [2.24, 2.45) is 0 Å². The molecule has 188 valence electrons. The Labute approximate surface area is 201 Å². The van der Waals surface area contributed by atoms with Crippen LogP contribution in [0.15, 0.2) is 35.7 Å². The number of amides is 2. The van der Waals surface area contributed by atoms with E-state index in [0.29, 0.717) is 89.8 Å². The molecule has 3 rings (SSSR count). The molecule has 0 aromatic heterocycles. The minimum absolute atomic E-state index is 0.0377. The lowest BCUT2D eigenvalue weighted by Gasteiger charge is -2.34. The van der Waals surface area contributed by atoms with Gasteiger partial charge >= 0.3 is 0 Å². The lowest BCUT2D eigenvalue weighted by atomic mass is 10.1. The van der Waals surface area contributed by atoms with Gasteiger partial charge in [0.25, 0.3) is 0 Å². The van der Waals surface area contributed by atoms with Crippen molar-refractivity contribution in [2.45, 2.75) is 30.6 Å². The molecule has 1 aromatic rings. The Kier molecular flexibility index (Phi) is 9.73. The summed E-state index contributed by atoms with van der Waals surface area (Å²) < 4.78 is 38.5. The van der Waals surface area contributed by atoms with Crippen molar-refractivity contribution in [1.29, 1.82) is 0 Å². The summed E-state index contributed by atoms with van der Waals surface area (Å²) in [6.07, 6.45) is 4.18. The zero-order valence-corrected chi connectivity index (χ0v) is 20.3. The number of nitrogens with one attached hydrogen (secondary N) is 2. The van der Waals surface area contributed by atoms with Crippen LogP contribution in [0.5, 0.6) is 11.5 Å². The number of unbranched alkanes of at least 4 members (excludes halogenated alkanes) is 2. The van der Waals surface area contributed by atoms with Gasteiger partial charge in [-0.15, -0.1) is 6.58 Å². The summed E-state index contributed by atoms with van der Waals surface area (Å²) in [4.78, 5) is 28.2. The Morgan fingerprint density at radius 1 is 1.03 bits per heavy atom. The van der Waals surface area contributed by atoms with Crippen molar-refractivity contribution in [3.8, 4) is 11.5 Å². The number of carbonyl (C=O) groups is 2. The second-order valence-corrected chi connectivity index (χ2v) is 10.0. The fraction of sp³-hybridized carbons (Fsp3) is 0.565. The number of hydrogen-bond donors (Lipinski definition) is 2. The van der Waals surface area contributed by atoms with Crippen LogP contribution in [-0.4, -0.2) is 89.1 Å². The average Bonchev–Trinajstić information content (AvgIpc) is 2.84. The number of carbonyl (C=O) groups excluding carboxylic acids is 2. The first kappa shape index (κ1) is 26.0. The van der Waals surface area contributed by atoms with E-state index in [4.69, 9.17) is 9.47 Å². The number of nitrogens with zero attached hydrogens (tertiary/aromatic N) is 2. The predicted molar refractivity (Wildman–Crippen MR) is 127 cm³/mol. The molecular formula is C23H34N4O6S. The van der Waals surface area contributed by atoms with Crippen LogP contribution in [-0.2, 0) is 19.6 Å². The summed E-state index contributed by atoms with van der Waals surface area (Å²) in [5.41, 5.74) is 0. The van der Waals surface area contributed by atoms with Crippen LogP contribution in [0.25, 0.3) is 0 Å². The molecule has 0 radical (unpaired) electrons. The fourth-order valence-corrected chi connectivity index (χ4v) is 4.91. The van der Waals surface area contributed by atoms with Gasteiger partial charge in [-0.05, 0) is 25.0 Å². The Morgan fingerprint density at radius 3 is 2.50 bits per heavy atom. The minimum Gasteiger partial charge on any atom is -0.486 e. The van der Waals surface area contributed by atoms with Crippen molar-refractivity contribution < 1.29 is 27.5 Å². The molecule has 0 spiro atoms. The quantitative estimate of drug-likeness (QED) is 0.325. The lowest BCUT2D eigenvalue weighted by Crippen LogP contribution is -2.51. The Bertz CT molecular complexity index is 960. The predicted octanol–water partition coefficient (Wildman–Crippen LogP) is 0.743. The number of benzene rings is 1. The van der Waals surface area contributed by atoms with Gasteiger partial charge in [-0.3, -0.25) is 14.5 Å². The molecule has 0 unspecified atom stereocenters. The summed E-state index contributed by atoms with van der Waals surface area (Å²) in [5, 5.41) is 2.76. The Morgan fingerprint density at radius 2 is 1.76 bits per heavy atom. The van der Waals surface area contributed by atoms with E-state index in [0.717, 1.165) is 6.42 Å². The van der Waals surface area contributed by atoms with Crippen molar-refractivity contribution in [1.82, 2.24) is 19.8 Å². The maximum Gasteiger partial charge on any atom is 0.240 e. The van der Waals surface area contributed by atoms with Crippen LogP contribution < -0.4 is 19.5 Å². The van der Waals surface area contributed by atoms with Crippen LogP contribution in [0.2, 0.25) is 0 Å². The van der Waals surface area contributed by atoms with E-state index in [1.165, 1.54) is 12.1 Å². The van der Waals surface area contributed by atoms with Crippen LogP contribution in [0.3, 0.4) is 0 Å². The molecule has 2 amide bonds. The van der Waals surface area contributed by atoms with Gasteiger partial charge in [0.1, 0.15) is 13.2 Å². The summed E-state index contributed by atoms with van der Waals surface area (Å²) in [6, 6.07) is 4.58. The van der Waals surface area contributed by atoms with Crippen LogP contribution >= 0.6 is 0 Å². The second-order valence-electron chi connectivity index (χ2n) is 8.26. The van der Waals surface area contributed by atoms with E-state index in [1.807, 2.05) is 9.80 Å². The summed E-state index contributed by atoms with van der Waals surface area (Å²) in [7, 11) is -3.63. The number of hydrogen-bond acceptors (Lipinski definition) is 7. The zero-order chi connectivity index (χ0) is 24.4.